The van der Waals surface area contributed by atoms with E-state index in [2.05, 4.69) is 0 Å². The summed E-state index contributed by atoms with van der Waals surface area (Å²) >= 11 is 0. The minimum atomic E-state index is -1.56. The molecule has 8 heteroatoms. The van der Waals surface area contributed by atoms with Crippen LogP contribution in [0.5, 0.6) is 0 Å². The van der Waals surface area contributed by atoms with Gasteiger partial charge < -0.3 is 14.6 Å². The largest absolute Gasteiger partial charge is 0.465 e. The van der Waals surface area contributed by atoms with Crippen LogP contribution >= 0.6 is 0 Å². The molecule has 1 N–H and O–H groups in total. The molecule has 1 aliphatic carbocycles. The van der Waals surface area contributed by atoms with Crippen LogP contribution in [-0.2, 0) is 19.1 Å². The van der Waals surface area contributed by atoms with Gasteiger partial charge in [-0.15, -0.1) is 0 Å². The third-order valence-corrected chi connectivity index (χ3v) is 4.89. The molecule has 0 spiro atoms. The number of nitro benzene ring substituents is 1. The first-order valence-electron chi connectivity index (χ1n) is 8.62. The molecule has 1 fully saturated rings. The summed E-state index contributed by atoms with van der Waals surface area (Å²) in [5.74, 6) is -2.40. The predicted octanol–water partition coefficient (Wildman–Crippen LogP) is 2.19. The van der Waals surface area contributed by atoms with E-state index in [0.717, 1.165) is 0 Å². The van der Waals surface area contributed by atoms with Crippen LogP contribution in [0.15, 0.2) is 24.3 Å². The SMILES string of the molecule is CCOC(=O)C1(C(=O)OCC)CC[C@H](CO)[C@H]1c1ccc([N+](=O)[O-])cc1. The number of nitrogens with zero attached hydrogens (tertiary/aromatic N) is 1. The van der Waals surface area contributed by atoms with Crippen LogP contribution in [-0.4, -0.2) is 41.8 Å². The number of hydrogen-bond donors (Lipinski definition) is 1. The molecule has 1 aromatic rings. The number of ether oxygens (including phenoxy) is 2. The topological polar surface area (TPSA) is 116 Å². The summed E-state index contributed by atoms with van der Waals surface area (Å²) in [4.78, 5) is 35.9. The van der Waals surface area contributed by atoms with Gasteiger partial charge in [-0.1, -0.05) is 12.1 Å². The van der Waals surface area contributed by atoms with Crippen LogP contribution in [0, 0.1) is 21.4 Å². The Morgan fingerprint density at radius 3 is 2.15 bits per heavy atom. The van der Waals surface area contributed by atoms with Crippen molar-refractivity contribution in [2.45, 2.75) is 32.6 Å². The molecule has 0 radical (unpaired) electrons. The average Bonchev–Trinajstić information content (AvgIpc) is 3.03. The van der Waals surface area contributed by atoms with Crippen molar-refractivity contribution >= 4 is 17.6 Å². The van der Waals surface area contributed by atoms with Gasteiger partial charge in [0.15, 0.2) is 5.41 Å². The molecule has 0 saturated heterocycles. The first-order chi connectivity index (χ1) is 12.4. The molecule has 0 heterocycles. The maximum atomic E-state index is 12.8. The highest BCUT2D eigenvalue weighted by Gasteiger charge is 2.61. The Hall–Kier alpha value is -2.48. The van der Waals surface area contributed by atoms with Crippen LogP contribution in [0.1, 0.15) is 38.2 Å². The number of carbonyl (C=O) groups is 2. The molecule has 142 valence electrons. The van der Waals surface area contributed by atoms with E-state index < -0.39 is 28.2 Å². The molecule has 0 aliphatic heterocycles. The van der Waals surface area contributed by atoms with Crippen molar-refractivity contribution < 1.29 is 29.1 Å². The smallest absolute Gasteiger partial charge is 0.324 e. The lowest BCUT2D eigenvalue weighted by atomic mass is 9.71. The number of non-ortho nitro benzene ring substituents is 1. The summed E-state index contributed by atoms with van der Waals surface area (Å²) in [6, 6.07) is 5.68. The fraction of sp³-hybridized carbons (Fsp3) is 0.556. The maximum Gasteiger partial charge on any atom is 0.324 e. The molecule has 0 amide bonds. The lowest BCUT2D eigenvalue weighted by Crippen LogP contribution is -2.45. The van der Waals surface area contributed by atoms with Crippen molar-refractivity contribution in [1.82, 2.24) is 0 Å². The van der Waals surface area contributed by atoms with E-state index in [1.807, 2.05) is 0 Å². The monoisotopic (exact) mass is 365 g/mol. The average molecular weight is 365 g/mol. The molecule has 2 atom stereocenters. The van der Waals surface area contributed by atoms with E-state index in [4.69, 9.17) is 9.47 Å². The van der Waals surface area contributed by atoms with Crippen molar-refractivity contribution in [3.8, 4) is 0 Å². The minimum absolute atomic E-state index is 0.0924. The molecular weight excluding hydrogens is 342 g/mol. The number of hydrogen-bond acceptors (Lipinski definition) is 7. The summed E-state index contributed by atoms with van der Waals surface area (Å²) in [5, 5.41) is 20.7. The number of aliphatic hydroxyl groups is 1. The van der Waals surface area contributed by atoms with Crippen LogP contribution in [0.4, 0.5) is 5.69 Å². The second-order valence-electron chi connectivity index (χ2n) is 6.22. The molecule has 26 heavy (non-hydrogen) atoms. The first-order valence-corrected chi connectivity index (χ1v) is 8.62. The van der Waals surface area contributed by atoms with Gasteiger partial charge in [-0.3, -0.25) is 19.7 Å². The molecule has 1 saturated carbocycles. The van der Waals surface area contributed by atoms with Gasteiger partial charge in [0, 0.05) is 24.7 Å². The highest BCUT2D eigenvalue weighted by Crippen LogP contribution is 2.54. The Morgan fingerprint density at radius 1 is 1.19 bits per heavy atom. The van der Waals surface area contributed by atoms with Crippen LogP contribution in [0.25, 0.3) is 0 Å². The normalized spacial score (nSPS) is 21.2. The Labute approximate surface area is 151 Å². The zero-order valence-corrected chi connectivity index (χ0v) is 14.8. The number of benzene rings is 1. The Bertz CT molecular complexity index is 653. The molecule has 8 nitrogen and oxygen atoms in total. The Balaban J connectivity index is 2.55. The summed E-state index contributed by atoms with van der Waals surface area (Å²) in [7, 11) is 0. The fourth-order valence-electron chi connectivity index (χ4n) is 3.76. The summed E-state index contributed by atoms with van der Waals surface area (Å²) < 4.78 is 10.3. The van der Waals surface area contributed by atoms with E-state index in [-0.39, 0.29) is 37.8 Å². The number of aliphatic hydroxyl groups excluding tert-OH is 1. The number of esters is 2. The van der Waals surface area contributed by atoms with Gasteiger partial charge >= 0.3 is 11.9 Å². The maximum absolute atomic E-state index is 12.8. The van der Waals surface area contributed by atoms with Crippen molar-refractivity contribution in [3.05, 3.63) is 39.9 Å². The fourth-order valence-corrected chi connectivity index (χ4v) is 3.76. The van der Waals surface area contributed by atoms with Gasteiger partial charge in [-0.2, -0.15) is 0 Å². The third-order valence-electron chi connectivity index (χ3n) is 4.89. The van der Waals surface area contributed by atoms with E-state index in [1.54, 1.807) is 13.8 Å². The lowest BCUT2D eigenvalue weighted by Gasteiger charge is -2.33. The van der Waals surface area contributed by atoms with Gasteiger partial charge in [0.1, 0.15) is 0 Å². The van der Waals surface area contributed by atoms with Gasteiger partial charge in [0.2, 0.25) is 0 Å². The summed E-state index contributed by atoms with van der Waals surface area (Å²) in [6.07, 6.45) is 0.632. The molecular formula is C18H23NO7. The molecule has 0 unspecified atom stereocenters. The van der Waals surface area contributed by atoms with Crippen LogP contribution in [0.3, 0.4) is 0 Å². The molecule has 0 bridgehead atoms. The second kappa shape index (κ2) is 8.27. The van der Waals surface area contributed by atoms with E-state index in [1.165, 1.54) is 24.3 Å². The molecule has 0 aromatic heterocycles. The van der Waals surface area contributed by atoms with Crippen molar-refractivity contribution in [2.24, 2.45) is 11.3 Å². The summed E-state index contributed by atoms with van der Waals surface area (Å²) in [6.45, 7) is 3.29. The number of rotatable bonds is 7. The van der Waals surface area contributed by atoms with Crippen LogP contribution < -0.4 is 0 Å². The zero-order valence-electron chi connectivity index (χ0n) is 14.8. The van der Waals surface area contributed by atoms with Gasteiger partial charge in [-0.25, -0.2) is 0 Å². The number of nitro groups is 1. The lowest BCUT2D eigenvalue weighted by molar-refractivity contribution is -0.384. The third kappa shape index (κ3) is 3.41. The molecule has 1 aromatic carbocycles. The Kier molecular flexibility index (Phi) is 6.31. The quantitative estimate of drug-likeness (QED) is 0.341. The number of carbonyl (C=O) groups excluding carboxylic acids is 2. The van der Waals surface area contributed by atoms with Crippen LogP contribution in [0.2, 0.25) is 0 Å². The first kappa shape index (κ1) is 19.8. The van der Waals surface area contributed by atoms with Gasteiger partial charge in [-0.05, 0) is 38.2 Å². The highest BCUT2D eigenvalue weighted by molar-refractivity contribution is 6.01. The van der Waals surface area contributed by atoms with Gasteiger partial charge in [0.05, 0.1) is 18.1 Å². The molecule has 1 aliphatic rings. The van der Waals surface area contributed by atoms with Gasteiger partial charge in [0.25, 0.3) is 5.69 Å². The van der Waals surface area contributed by atoms with Crippen molar-refractivity contribution in [1.29, 1.82) is 0 Å². The minimum Gasteiger partial charge on any atom is -0.465 e. The predicted molar refractivity (Wildman–Crippen MR) is 91.3 cm³/mol. The van der Waals surface area contributed by atoms with E-state index in [0.29, 0.717) is 12.0 Å². The second-order valence-corrected chi connectivity index (χ2v) is 6.22. The van der Waals surface area contributed by atoms with E-state index >= 15 is 0 Å². The summed E-state index contributed by atoms with van der Waals surface area (Å²) in [5.41, 5.74) is -1.09. The zero-order chi connectivity index (χ0) is 19.3. The van der Waals surface area contributed by atoms with Crippen molar-refractivity contribution in [3.63, 3.8) is 0 Å². The Morgan fingerprint density at radius 2 is 1.73 bits per heavy atom. The molecule has 2 rings (SSSR count). The highest BCUT2D eigenvalue weighted by atomic mass is 16.6. The van der Waals surface area contributed by atoms with Crippen molar-refractivity contribution in [2.75, 3.05) is 19.8 Å². The standard InChI is InChI=1S/C18H23NO7/c1-3-25-16(21)18(17(22)26-4-2)10-9-13(11-20)15(18)12-5-7-14(8-6-12)19(23)24/h5-8,13,15,20H,3-4,9-11H2,1-2H3/t13-,15-/m1/s1. The van der Waals surface area contributed by atoms with E-state index in [9.17, 15) is 24.8 Å².